The van der Waals surface area contributed by atoms with Gasteiger partial charge in [-0.15, -0.1) is 11.6 Å². The number of urea groups is 1. The van der Waals surface area contributed by atoms with Gasteiger partial charge in [-0.25, -0.2) is 4.79 Å². The number of carbonyl (C=O) groups excluding carboxylic acids is 2. The third-order valence-corrected chi connectivity index (χ3v) is 8.17. The van der Waals surface area contributed by atoms with Crippen LogP contribution in [0.3, 0.4) is 0 Å². The molecular formula is C29H29ClN2O5. The molecule has 3 N–H and O–H groups in total. The van der Waals surface area contributed by atoms with Crippen molar-refractivity contribution in [3.8, 4) is 0 Å². The van der Waals surface area contributed by atoms with Gasteiger partial charge >= 0.3 is 6.03 Å². The van der Waals surface area contributed by atoms with E-state index < -0.39 is 53.2 Å². The van der Waals surface area contributed by atoms with Gasteiger partial charge in [0.25, 0.3) is 0 Å². The summed E-state index contributed by atoms with van der Waals surface area (Å²) in [6.45, 7) is 1.34. The van der Waals surface area contributed by atoms with E-state index in [9.17, 15) is 19.8 Å². The number of amides is 3. The summed E-state index contributed by atoms with van der Waals surface area (Å²) in [4.78, 5) is 28.5. The molecule has 2 unspecified atom stereocenters. The second-order valence-corrected chi connectivity index (χ2v) is 10.3. The number of halogens is 1. The van der Waals surface area contributed by atoms with Gasteiger partial charge in [-0.1, -0.05) is 91.0 Å². The number of aliphatic hydroxyl groups excluding tert-OH is 2. The van der Waals surface area contributed by atoms with Crippen LogP contribution in [0.2, 0.25) is 0 Å². The van der Waals surface area contributed by atoms with Crippen LogP contribution in [0.15, 0.2) is 91.0 Å². The van der Waals surface area contributed by atoms with Crippen LogP contribution in [0.25, 0.3) is 0 Å². The highest BCUT2D eigenvalue weighted by atomic mass is 35.5. The zero-order valence-corrected chi connectivity index (χ0v) is 21.1. The summed E-state index contributed by atoms with van der Waals surface area (Å²) < 4.78 is 5.83. The highest BCUT2D eigenvalue weighted by Gasteiger charge is 2.61. The minimum absolute atomic E-state index is 0.0465. The number of alkyl halides is 1. The standard InChI is InChI=1S/C29H29ClN2O5/c1-28(18-32(27(36)31-26(28)35)25-23(30)24(34)22(17-33)37-25)29(19-11-5-2-6-12-19,20-13-7-3-8-14-20)21-15-9-4-10-16-21/h2-16,22-25,33-34H,17-18H2,1H3,(H,31,35,36)/t22-,23?,24-,25-,28?/m1/s1. The van der Waals surface area contributed by atoms with Gasteiger partial charge < -0.3 is 14.9 Å². The summed E-state index contributed by atoms with van der Waals surface area (Å²) in [5.74, 6) is -0.436. The zero-order valence-electron chi connectivity index (χ0n) is 20.3. The first-order chi connectivity index (χ1) is 17.8. The molecule has 7 nitrogen and oxygen atoms in total. The van der Waals surface area contributed by atoms with Crippen molar-refractivity contribution in [2.24, 2.45) is 5.41 Å². The van der Waals surface area contributed by atoms with Gasteiger partial charge in [0, 0.05) is 6.54 Å². The average molecular weight is 521 g/mol. The Bertz CT molecular complexity index is 1160. The summed E-state index contributed by atoms with van der Waals surface area (Å²) in [5, 5.41) is 21.7. The lowest BCUT2D eigenvalue weighted by Crippen LogP contribution is -2.69. The fraction of sp³-hybridized carbons (Fsp3) is 0.310. The quantitative estimate of drug-likeness (QED) is 0.342. The molecule has 8 heteroatoms. The first kappa shape index (κ1) is 25.4. The van der Waals surface area contributed by atoms with Gasteiger partial charge in [-0.3, -0.25) is 15.0 Å². The Labute approximate surface area is 220 Å². The second-order valence-electron chi connectivity index (χ2n) is 9.75. The van der Waals surface area contributed by atoms with E-state index in [-0.39, 0.29) is 6.54 Å². The van der Waals surface area contributed by atoms with Crippen molar-refractivity contribution in [2.75, 3.05) is 13.2 Å². The van der Waals surface area contributed by atoms with Gasteiger partial charge in [0.2, 0.25) is 5.91 Å². The summed E-state index contributed by atoms with van der Waals surface area (Å²) in [7, 11) is 0. The normalized spacial score (nSPS) is 28.3. The molecule has 37 heavy (non-hydrogen) atoms. The third-order valence-electron chi connectivity index (χ3n) is 7.70. The lowest BCUT2D eigenvalue weighted by Gasteiger charge is -2.53. The van der Waals surface area contributed by atoms with Gasteiger partial charge in [0.05, 0.1) is 17.4 Å². The molecule has 2 aliphatic rings. The number of benzene rings is 3. The summed E-state index contributed by atoms with van der Waals surface area (Å²) in [6, 6.07) is 28.6. The van der Waals surface area contributed by atoms with Crippen molar-refractivity contribution < 1.29 is 24.5 Å². The predicted octanol–water partition coefficient (Wildman–Crippen LogP) is 3.26. The van der Waals surface area contributed by atoms with Gasteiger partial charge in [0.1, 0.15) is 17.6 Å². The fourth-order valence-corrected chi connectivity index (χ4v) is 6.27. The SMILES string of the molecule is CC1(C(c2ccccc2)(c2ccccc2)c2ccccc2)CN([C@@H]2O[C@H](CO)[C@@H](O)C2Cl)C(=O)NC1=O. The molecule has 2 saturated heterocycles. The number of nitrogens with one attached hydrogen (secondary N) is 1. The van der Waals surface area contributed by atoms with Crippen LogP contribution in [-0.4, -0.2) is 64.0 Å². The molecule has 2 fully saturated rings. The van der Waals surface area contributed by atoms with E-state index in [1.807, 2.05) is 97.9 Å². The van der Waals surface area contributed by atoms with E-state index in [4.69, 9.17) is 16.3 Å². The van der Waals surface area contributed by atoms with Crippen molar-refractivity contribution in [3.05, 3.63) is 108 Å². The smallest absolute Gasteiger partial charge is 0.326 e. The van der Waals surface area contributed by atoms with E-state index in [0.717, 1.165) is 16.7 Å². The number of aliphatic hydroxyl groups is 2. The number of hydrogen-bond acceptors (Lipinski definition) is 5. The van der Waals surface area contributed by atoms with E-state index in [0.29, 0.717) is 0 Å². The van der Waals surface area contributed by atoms with Crippen LogP contribution < -0.4 is 5.32 Å². The van der Waals surface area contributed by atoms with Gasteiger partial charge in [-0.2, -0.15) is 0 Å². The Balaban J connectivity index is 1.74. The van der Waals surface area contributed by atoms with E-state index >= 15 is 0 Å². The maximum Gasteiger partial charge on any atom is 0.326 e. The maximum absolute atomic E-state index is 14.0. The van der Waals surface area contributed by atoms with Crippen LogP contribution in [0.4, 0.5) is 4.79 Å². The number of imide groups is 1. The highest BCUT2D eigenvalue weighted by molar-refractivity contribution is 6.21. The number of carbonyl (C=O) groups is 2. The van der Waals surface area contributed by atoms with Crippen molar-refractivity contribution in [1.29, 1.82) is 0 Å². The minimum Gasteiger partial charge on any atom is -0.394 e. The summed E-state index contributed by atoms with van der Waals surface area (Å²) in [6.07, 6.45) is -3.15. The number of ether oxygens (including phenoxy) is 1. The highest BCUT2D eigenvalue weighted by Crippen LogP contribution is 2.54. The second kappa shape index (κ2) is 9.91. The van der Waals surface area contributed by atoms with E-state index in [1.54, 1.807) is 0 Å². The first-order valence-corrected chi connectivity index (χ1v) is 12.7. The molecular weight excluding hydrogens is 492 g/mol. The summed E-state index contributed by atoms with van der Waals surface area (Å²) >= 11 is 6.50. The number of nitrogens with zero attached hydrogens (tertiary/aromatic N) is 1. The number of rotatable bonds is 6. The molecule has 3 amide bonds. The molecule has 2 heterocycles. The molecule has 0 saturated carbocycles. The molecule has 0 spiro atoms. The Morgan fingerprint density at radius 2 is 1.41 bits per heavy atom. The Hall–Kier alpha value is -3.23. The molecule has 0 aromatic heterocycles. The monoisotopic (exact) mass is 520 g/mol. The van der Waals surface area contributed by atoms with Crippen LogP contribution in [0, 0.1) is 5.41 Å². The largest absolute Gasteiger partial charge is 0.394 e. The average Bonchev–Trinajstić information content (AvgIpc) is 3.22. The topological polar surface area (TPSA) is 99.1 Å². The van der Waals surface area contributed by atoms with E-state index in [1.165, 1.54) is 4.90 Å². The van der Waals surface area contributed by atoms with Crippen molar-refractivity contribution in [2.45, 2.75) is 36.2 Å². The lowest BCUT2D eigenvalue weighted by molar-refractivity contribution is -0.140. The van der Waals surface area contributed by atoms with Crippen LogP contribution >= 0.6 is 11.6 Å². The zero-order chi connectivity index (χ0) is 26.2. The van der Waals surface area contributed by atoms with Crippen LogP contribution in [0.1, 0.15) is 23.6 Å². The van der Waals surface area contributed by atoms with Crippen LogP contribution in [-0.2, 0) is 14.9 Å². The van der Waals surface area contributed by atoms with Gasteiger partial charge in [-0.05, 0) is 23.6 Å². The Morgan fingerprint density at radius 3 is 1.81 bits per heavy atom. The first-order valence-electron chi connectivity index (χ1n) is 12.2. The van der Waals surface area contributed by atoms with Crippen molar-refractivity contribution >= 4 is 23.5 Å². The Kier molecular flexibility index (Phi) is 6.81. The number of hydrogen-bond donors (Lipinski definition) is 3. The Morgan fingerprint density at radius 1 is 0.946 bits per heavy atom. The molecule has 0 aliphatic carbocycles. The van der Waals surface area contributed by atoms with Gasteiger partial charge in [0.15, 0.2) is 6.23 Å². The molecule has 5 rings (SSSR count). The molecule has 2 aliphatic heterocycles. The summed E-state index contributed by atoms with van der Waals surface area (Å²) in [5.41, 5.74) is 0.370. The third kappa shape index (κ3) is 3.94. The predicted molar refractivity (Wildman–Crippen MR) is 139 cm³/mol. The molecule has 5 atom stereocenters. The molecule has 3 aromatic carbocycles. The minimum atomic E-state index is -1.24. The fourth-order valence-electron chi connectivity index (χ4n) is 5.91. The molecule has 0 radical (unpaired) electrons. The molecule has 192 valence electrons. The van der Waals surface area contributed by atoms with Crippen molar-refractivity contribution in [1.82, 2.24) is 10.2 Å². The molecule has 3 aromatic rings. The maximum atomic E-state index is 14.0. The van der Waals surface area contributed by atoms with E-state index in [2.05, 4.69) is 5.32 Å². The molecule has 0 bridgehead atoms. The van der Waals surface area contributed by atoms with Crippen LogP contribution in [0.5, 0.6) is 0 Å². The lowest BCUT2D eigenvalue weighted by atomic mass is 9.53. The van der Waals surface area contributed by atoms with Crippen molar-refractivity contribution in [3.63, 3.8) is 0 Å².